The van der Waals surface area contributed by atoms with Crippen LogP contribution in [-0.2, 0) is 15.7 Å². The fourth-order valence-electron chi connectivity index (χ4n) is 2.57. The minimum atomic E-state index is -4.67. The van der Waals surface area contributed by atoms with E-state index >= 15 is 0 Å². The lowest BCUT2D eigenvalue weighted by Crippen LogP contribution is -2.15. The van der Waals surface area contributed by atoms with Crippen molar-refractivity contribution in [3.8, 4) is 11.3 Å². The van der Waals surface area contributed by atoms with Crippen molar-refractivity contribution < 1.29 is 27.5 Å². The molecule has 0 unspecified atom stereocenters. The number of aromatic nitrogens is 2. The van der Waals surface area contributed by atoms with Crippen LogP contribution < -0.4 is 5.32 Å². The maximum Gasteiger partial charge on any atom is 0.433 e. The van der Waals surface area contributed by atoms with Crippen LogP contribution in [0.25, 0.3) is 11.3 Å². The molecule has 1 amide bonds. The molecule has 6 nitrogen and oxygen atoms in total. The molecule has 1 aromatic heterocycles. The Morgan fingerprint density at radius 1 is 1.09 bits per heavy atom. The summed E-state index contributed by atoms with van der Waals surface area (Å²) in [6.07, 6.45) is -4.67. The van der Waals surface area contributed by atoms with Gasteiger partial charge in [0.15, 0.2) is 5.16 Å². The van der Waals surface area contributed by atoms with Gasteiger partial charge in [0.2, 0.25) is 5.91 Å². The predicted octanol–water partition coefficient (Wildman–Crippen LogP) is 5.44. The van der Waals surface area contributed by atoms with Gasteiger partial charge in [-0.1, -0.05) is 45.9 Å². The van der Waals surface area contributed by atoms with E-state index in [1.165, 1.54) is 19.2 Å². The van der Waals surface area contributed by atoms with Crippen molar-refractivity contribution in [1.29, 1.82) is 0 Å². The third-order valence-electron chi connectivity index (χ3n) is 4.04. The van der Waals surface area contributed by atoms with Crippen LogP contribution in [0.1, 0.15) is 16.1 Å². The molecule has 3 aromatic rings. The van der Waals surface area contributed by atoms with Gasteiger partial charge in [0.25, 0.3) is 0 Å². The quantitative estimate of drug-likeness (QED) is 0.262. The van der Waals surface area contributed by atoms with Crippen LogP contribution in [0, 0.1) is 0 Å². The van der Waals surface area contributed by atoms with E-state index in [4.69, 9.17) is 0 Å². The van der Waals surface area contributed by atoms with Crippen molar-refractivity contribution in [2.24, 2.45) is 0 Å². The molecule has 0 bridgehead atoms. The van der Waals surface area contributed by atoms with Crippen molar-refractivity contribution in [2.45, 2.75) is 11.3 Å². The van der Waals surface area contributed by atoms with Gasteiger partial charge < -0.3 is 10.1 Å². The molecule has 0 atom stereocenters. The summed E-state index contributed by atoms with van der Waals surface area (Å²) in [5.74, 6) is -1.29. The Morgan fingerprint density at radius 2 is 1.81 bits per heavy atom. The second-order valence-corrected chi connectivity index (χ2v) is 8.19. The topological polar surface area (TPSA) is 81.2 Å². The molecule has 0 saturated carbocycles. The monoisotopic (exact) mass is 525 g/mol. The molecular formula is C21H15BrF3N3O3S. The van der Waals surface area contributed by atoms with Crippen LogP contribution >= 0.6 is 27.7 Å². The van der Waals surface area contributed by atoms with Crippen molar-refractivity contribution in [3.63, 3.8) is 0 Å². The number of ether oxygens (including phenoxy) is 1. The first-order chi connectivity index (χ1) is 15.2. The molecule has 1 heterocycles. The van der Waals surface area contributed by atoms with Gasteiger partial charge in [0, 0.05) is 15.7 Å². The first-order valence-corrected chi connectivity index (χ1v) is 10.8. The number of rotatable bonds is 6. The second kappa shape index (κ2) is 10.1. The van der Waals surface area contributed by atoms with Crippen molar-refractivity contribution in [2.75, 3.05) is 18.2 Å². The standard InChI is InChI=1S/C21H15BrF3N3O3S/c1-31-19(30)13-3-2-4-15(9-13)26-18(29)11-32-20-27-16(10-17(28-20)21(23,24)25)12-5-7-14(22)8-6-12/h2-10H,11H2,1H3,(H,26,29). The highest BCUT2D eigenvalue weighted by Gasteiger charge is 2.34. The smallest absolute Gasteiger partial charge is 0.433 e. The number of carbonyl (C=O) groups is 2. The highest BCUT2D eigenvalue weighted by Crippen LogP contribution is 2.32. The molecule has 0 aliphatic heterocycles. The van der Waals surface area contributed by atoms with Gasteiger partial charge in [-0.25, -0.2) is 14.8 Å². The zero-order valence-electron chi connectivity index (χ0n) is 16.4. The van der Waals surface area contributed by atoms with E-state index in [1.807, 2.05) is 0 Å². The molecule has 0 spiro atoms. The lowest BCUT2D eigenvalue weighted by Gasteiger charge is -2.11. The van der Waals surface area contributed by atoms with Crippen molar-refractivity contribution >= 4 is 45.3 Å². The van der Waals surface area contributed by atoms with E-state index in [-0.39, 0.29) is 22.2 Å². The van der Waals surface area contributed by atoms with E-state index in [2.05, 4.69) is 36.0 Å². The summed E-state index contributed by atoms with van der Waals surface area (Å²) in [6.45, 7) is 0. The summed E-state index contributed by atoms with van der Waals surface area (Å²) in [5.41, 5.74) is 0.0666. The van der Waals surface area contributed by atoms with Gasteiger partial charge in [0.05, 0.1) is 24.1 Å². The number of nitrogens with one attached hydrogen (secondary N) is 1. The van der Waals surface area contributed by atoms with Crippen LogP contribution in [0.5, 0.6) is 0 Å². The summed E-state index contributed by atoms with van der Waals surface area (Å²) >= 11 is 4.05. The third-order valence-corrected chi connectivity index (χ3v) is 5.41. The number of halogens is 4. The predicted molar refractivity (Wildman–Crippen MR) is 117 cm³/mol. The summed E-state index contributed by atoms with van der Waals surface area (Å²) in [5, 5.41) is 2.39. The van der Waals surface area contributed by atoms with Crippen LogP contribution in [0.15, 0.2) is 64.2 Å². The summed E-state index contributed by atoms with van der Waals surface area (Å²) in [6, 6.07) is 13.6. The SMILES string of the molecule is COC(=O)c1cccc(NC(=O)CSc2nc(-c3ccc(Br)cc3)cc(C(F)(F)F)n2)c1. The summed E-state index contributed by atoms with van der Waals surface area (Å²) in [4.78, 5) is 31.6. The molecule has 1 N–H and O–H groups in total. The Balaban J connectivity index is 1.76. The number of amides is 1. The maximum absolute atomic E-state index is 13.3. The van der Waals surface area contributed by atoms with Crippen LogP contribution in [-0.4, -0.2) is 34.7 Å². The van der Waals surface area contributed by atoms with Crippen molar-refractivity contribution in [3.05, 3.63) is 70.3 Å². The minimum absolute atomic E-state index is 0.0912. The Hall–Kier alpha value is -2.92. The fraction of sp³-hybridized carbons (Fsp3) is 0.143. The highest BCUT2D eigenvalue weighted by atomic mass is 79.9. The molecule has 0 saturated heterocycles. The number of benzene rings is 2. The zero-order valence-corrected chi connectivity index (χ0v) is 18.8. The Morgan fingerprint density at radius 3 is 2.47 bits per heavy atom. The molecule has 32 heavy (non-hydrogen) atoms. The largest absolute Gasteiger partial charge is 0.465 e. The molecule has 11 heteroatoms. The van der Waals surface area contributed by atoms with Gasteiger partial charge in [-0.15, -0.1) is 0 Å². The van der Waals surface area contributed by atoms with E-state index in [9.17, 15) is 22.8 Å². The number of hydrogen-bond acceptors (Lipinski definition) is 6. The van der Waals surface area contributed by atoms with E-state index in [0.29, 0.717) is 11.3 Å². The first-order valence-electron chi connectivity index (χ1n) is 8.99. The molecule has 166 valence electrons. The number of thioether (sulfide) groups is 1. The van der Waals surface area contributed by atoms with Crippen LogP contribution in [0.4, 0.5) is 18.9 Å². The van der Waals surface area contributed by atoms with Gasteiger partial charge in [0.1, 0.15) is 5.69 Å². The van der Waals surface area contributed by atoms with Gasteiger partial charge in [-0.2, -0.15) is 13.2 Å². The van der Waals surface area contributed by atoms with Crippen LogP contribution in [0.3, 0.4) is 0 Å². The number of nitrogens with zero attached hydrogens (tertiary/aromatic N) is 2. The van der Waals surface area contributed by atoms with Crippen molar-refractivity contribution in [1.82, 2.24) is 9.97 Å². The molecule has 0 fully saturated rings. The minimum Gasteiger partial charge on any atom is -0.465 e. The number of anilines is 1. The number of carbonyl (C=O) groups excluding carboxylic acids is 2. The van der Waals surface area contributed by atoms with E-state index < -0.39 is 23.7 Å². The molecular weight excluding hydrogens is 511 g/mol. The Kier molecular flexibility index (Phi) is 7.52. The maximum atomic E-state index is 13.3. The normalized spacial score (nSPS) is 11.2. The number of alkyl halides is 3. The van der Waals surface area contributed by atoms with Gasteiger partial charge in [-0.3, -0.25) is 4.79 Å². The molecule has 0 radical (unpaired) electrons. The number of hydrogen-bond donors (Lipinski definition) is 1. The lowest BCUT2D eigenvalue weighted by molar-refractivity contribution is -0.141. The Bertz CT molecular complexity index is 1140. The number of methoxy groups -OCH3 is 1. The third kappa shape index (κ3) is 6.30. The zero-order chi connectivity index (χ0) is 23.3. The van der Waals surface area contributed by atoms with Gasteiger partial charge in [-0.05, 0) is 36.4 Å². The summed E-state index contributed by atoms with van der Waals surface area (Å²) in [7, 11) is 1.24. The molecule has 3 rings (SSSR count). The molecule has 0 aliphatic rings. The summed E-state index contributed by atoms with van der Waals surface area (Å²) < 4.78 is 45.4. The first kappa shape index (κ1) is 23.7. The van der Waals surface area contributed by atoms with Gasteiger partial charge >= 0.3 is 12.1 Å². The van der Waals surface area contributed by atoms with E-state index in [1.54, 1.807) is 36.4 Å². The lowest BCUT2D eigenvalue weighted by atomic mass is 10.1. The molecule has 0 aliphatic carbocycles. The average molecular weight is 526 g/mol. The molecule has 2 aromatic carbocycles. The van der Waals surface area contributed by atoms with E-state index in [0.717, 1.165) is 22.3 Å². The Labute approximate surface area is 193 Å². The second-order valence-electron chi connectivity index (χ2n) is 6.33. The highest BCUT2D eigenvalue weighted by molar-refractivity contribution is 9.10. The van der Waals surface area contributed by atoms with Crippen LogP contribution in [0.2, 0.25) is 0 Å². The average Bonchev–Trinajstić information content (AvgIpc) is 2.77. The number of esters is 1. The fourth-order valence-corrected chi connectivity index (χ4v) is 3.49.